The lowest BCUT2D eigenvalue weighted by Gasteiger charge is -2.28. The average Bonchev–Trinajstić information content (AvgIpc) is 2.77. The van der Waals surface area contributed by atoms with E-state index in [1.807, 2.05) is 61.5 Å². The van der Waals surface area contributed by atoms with E-state index in [0.29, 0.717) is 25.5 Å². The molecule has 1 aliphatic heterocycles. The zero-order valence-electron chi connectivity index (χ0n) is 16.6. The number of aryl methyl sites for hydroxylation is 1. The number of carbonyl (C=O) groups excluding carboxylic acids is 1. The van der Waals surface area contributed by atoms with Crippen LogP contribution in [0.2, 0.25) is 0 Å². The van der Waals surface area contributed by atoms with E-state index in [1.54, 1.807) is 0 Å². The number of hydrogen-bond donors (Lipinski definition) is 1. The number of nitrogens with zero attached hydrogens (tertiary/aromatic N) is 2. The maximum absolute atomic E-state index is 12.2. The van der Waals surface area contributed by atoms with Crippen molar-refractivity contribution in [1.82, 2.24) is 10.3 Å². The van der Waals surface area contributed by atoms with Crippen LogP contribution in [0.15, 0.2) is 54.6 Å². The number of para-hydroxylation sites is 1. The summed E-state index contributed by atoms with van der Waals surface area (Å²) >= 11 is 0. The third kappa shape index (κ3) is 4.84. The van der Waals surface area contributed by atoms with Gasteiger partial charge in [-0.3, -0.25) is 4.79 Å². The highest BCUT2D eigenvalue weighted by Crippen LogP contribution is 2.26. The number of anilines is 1. The fourth-order valence-electron chi connectivity index (χ4n) is 3.30. The van der Waals surface area contributed by atoms with Gasteiger partial charge in [-0.15, -0.1) is 0 Å². The van der Waals surface area contributed by atoms with Gasteiger partial charge >= 0.3 is 0 Å². The first kappa shape index (κ1) is 19.2. The number of aromatic nitrogens is 1. The molecule has 0 aliphatic carbocycles. The molecule has 29 heavy (non-hydrogen) atoms. The highest BCUT2D eigenvalue weighted by molar-refractivity contribution is 5.86. The predicted molar refractivity (Wildman–Crippen MR) is 113 cm³/mol. The maximum Gasteiger partial charge on any atom is 0.258 e. The minimum atomic E-state index is -0.160. The summed E-state index contributed by atoms with van der Waals surface area (Å²) in [6.45, 7) is 5.54. The molecule has 6 nitrogen and oxygen atoms in total. The first-order valence-electron chi connectivity index (χ1n) is 9.86. The average molecular weight is 391 g/mol. The molecule has 0 bridgehead atoms. The van der Waals surface area contributed by atoms with Gasteiger partial charge in [0.05, 0.1) is 13.2 Å². The highest BCUT2D eigenvalue weighted by Gasteiger charge is 2.14. The molecular formula is C23H25N3O3. The Kier molecular flexibility index (Phi) is 5.91. The molecule has 1 aromatic heterocycles. The second-order valence-electron chi connectivity index (χ2n) is 7.15. The van der Waals surface area contributed by atoms with Crippen molar-refractivity contribution < 1.29 is 14.3 Å². The van der Waals surface area contributed by atoms with Crippen LogP contribution in [0.1, 0.15) is 11.1 Å². The Bertz CT molecular complexity index is 982. The van der Waals surface area contributed by atoms with Crippen LogP contribution in [-0.4, -0.2) is 43.8 Å². The summed E-state index contributed by atoms with van der Waals surface area (Å²) in [5.74, 6) is 1.36. The summed E-state index contributed by atoms with van der Waals surface area (Å²) in [5, 5.41) is 3.88. The van der Waals surface area contributed by atoms with Crippen molar-refractivity contribution in [1.29, 1.82) is 0 Å². The van der Waals surface area contributed by atoms with Crippen molar-refractivity contribution >= 4 is 22.6 Å². The number of fused-ring (bicyclic) bond motifs is 1. The van der Waals surface area contributed by atoms with Crippen molar-refractivity contribution in [3.05, 3.63) is 65.7 Å². The lowest BCUT2D eigenvalue weighted by Crippen LogP contribution is -2.36. The van der Waals surface area contributed by atoms with E-state index < -0.39 is 0 Å². The molecule has 4 rings (SSSR count). The van der Waals surface area contributed by atoms with Gasteiger partial charge in [-0.2, -0.15) is 0 Å². The SMILES string of the molecule is Cc1ccc(CNC(=O)COc2cccc3ccc(N4CCOCC4)nc23)cc1. The number of benzene rings is 2. The van der Waals surface area contributed by atoms with Crippen LogP contribution in [0.3, 0.4) is 0 Å². The third-order valence-corrected chi connectivity index (χ3v) is 4.97. The number of hydrogen-bond acceptors (Lipinski definition) is 5. The molecule has 1 N–H and O–H groups in total. The van der Waals surface area contributed by atoms with Crippen molar-refractivity contribution in [2.24, 2.45) is 0 Å². The normalized spacial score (nSPS) is 14.0. The van der Waals surface area contributed by atoms with Gasteiger partial charge in [0, 0.05) is 25.0 Å². The largest absolute Gasteiger partial charge is 0.481 e. The van der Waals surface area contributed by atoms with E-state index in [1.165, 1.54) is 5.56 Å². The second kappa shape index (κ2) is 8.92. The van der Waals surface area contributed by atoms with Crippen LogP contribution in [0.25, 0.3) is 10.9 Å². The van der Waals surface area contributed by atoms with Crippen molar-refractivity contribution in [3.63, 3.8) is 0 Å². The molecule has 2 heterocycles. The number of nitrogens with one attached hydrogen (secondary N) is 1. The van der Waals surface area contributed by atoms with Gasteiger partial charge in [0.15, 0.2) is 6.61 Å². The number of morpholine rings is 1. The molecule has 150 valence electrons. The first-order chi connectivity index (χ1) is 14.2. The quantitative estimate of drug-likeness (QED) is 0.700. The molecule has 0 radical (unpaired) electrons. The summed E-state index contributed by atoms with van der Waals surface area (Å²) < 4.78 is 11.2. The Labute approximate surface area is 170 Å². The van der Waals surface area contributed by atoms with Gasteiger partial charge in [-0.1, -0.05) is 42.0 Å². The van der Waals surface area contributed by atoms with Gasteiger partial charge in [0.1, 0.15) is 17.1 Å². The summed E-state index contributed by atoms with van der Waals surface area (Å²) in [7, 11) is 0. The van der Waals surface area contributed by atoms with Crippen LogP contribution in [0.5, 0.6) is 5.75 Å². The minimum absolute atomic E-state index is 0.0472. The summed E-state index contributed by atoms with van der Waals surface area (Å²) in [6.07, 6.45) is 0. The topological polar surface area (TPSA) is 63.7 Å². The molecule has 1 fully saturated rings. The van der Waals surface area contributed by atoms with E-state index in [2.05, 4.69) is 10.2 Å². The van der Waals surface area contributed by atoms with Gasteiger partial charge in [-0.25, -0.2) is 4.98 Å². The number of carbonyl (C=O) groups is 1. The molecule has 0 spiro atoms. The Morgan fingerprint density at radius 2 is 1.90 bits per heavy atom. The second-order valence-corrected chi connectivity index (χ2v) is 7.15. The Morgan fingerprint density at radius 3 is 2.69 bits per heavy atom. The first-order valence-corrected chi connectivity index (χ1v) is 9.86. The molecule has 6 heteroatoms. The molecule has 2 aromatic carbocycles. The zero-order valence-corrected chi connectivity index (χ0v) is 16.6. The van der Waals surface area contributed by atoms with Gasteiger partial charge in [0.25, 0.3) is 5.91 Å². The predicted octanol–water partition coefficient (Wildman–Crippen LogP) is 3.08. The molecule has 1 amide bonds. The van der Waals surface area contributed by atoms with Gasteiger partial charge in [-0.05, 0) is 30.7 Å². The summed E-state index contributed by atoms with van der Waals surface area (Å²) in [6, 6.07) is 17.9. The fourth-order valence-corrected chi connectivity index (χ4v) is 3.30. The minimum Gasteiger partial charge on any atom is -0.481 e. The van der Waals surface area contributed by atoms with Crippen molar-refractivity contribution in [2.75, 3.05) is 37.8 Å². The van der Waals surface area contributed by atoms with Crippen molar-refractivity contribution in [3.8, 4) is 5.75 Å². The number of pyridine rings is 1. The van der Waals surface area contributed by atoms with E-state index >= 15 is 0 Å². The monoisotopic (exact) mass is 391 g/mol. The molecule has 0 atom stereocenters. The van der Waals surface area contributed by atoms with E-state index in [4.69, 9.17) is 14.5 Å². The smallest absolute Gasteiger partial charge is 0.258 e. The molecule has 0 saturated carbocycles. The van der Waals surface area contributed by atoms with E-state index in [0.717, 1.165) is 35.4 Å². The standard InChI is InChI=1S/C23H25N3O3/c1-17-5-7-18(8-6-17)15-24-22(27)16-29-20-4-2-3-19-9-10-21(25-23(19)20)26-11-13-28-14-12-26/h2-10H,11-16H2,1H3,(H,24,27). The third-order valence-electron chi connectivity index (χ3n) is 4.97. The van der Waals surface area contributed by atoms with Gasteiger partial charge < -0.3 is 19.7 Å². The lowest BCUT2D eigenvalue weighted by molar-refractivity contribution is -0.123. The Morgan fingerprint density at radius 1 is 1.10 bits per heavy atom. The van der Waals surface area contributed by atoms with Crippen LogP contribution < -0.4 is 15.0 Å². The summed E-state index contributed by atoms with van der Waals surface area (Å²) in [4.78, 5) is 19.2. The molecule has 1 aliphatic rings. The fraction of sp³-hybridized carbons (Fsp3) is 0.304. The highest BCUT2D eigenvalue weighted by atomic mass is 16.5. The molecule has 0 unspecified atom stereocenters. The molecule has 3 aromatic rings. The van der Waals surface area contributed by atoms with E-state index in [9.17, 15) is 4.79 Å². The number of rotatable bonds is 6. The Balaban J connectivity index is 1.41. The van der Waals surface area contributed by atoms with Crippen molar-refractivity contribution in [2.45, 2.75) is 13.5 Å². The number of ether oxygens (including phenoxy) is 2. The van der Waals surface area contributed by atoms with Crippen LogP contribution in [-0.2, 0) is 16.1 Å². The Hall–Kier alpha value is -3.12. The van der Waals surface area contributed by atoms with Crippen LogP contribution in [0.4, 0.5) is 5.82 Å². The zero-order chi connectivity index (χ0) is 20.1. The van der Waals surface area contributed by atoms with Gasteiger partial charge in [0.2, 0.25) is 0 Å². The molecular weight excluding hydrogens is 366 g/mol. The van der Waals surface area contributed by atoms with Crippen LogP contribution in [0, 0.1) is 6.92 Å². The molecule has 1 saturated heterocycles. The van der Waals surface area contributed by atoms with E-state index in [-0.39, 0.29) is 12.5 Å². The van der Waals surface area contributed by atoms with Crippen LogP contribution >= 0.6 is 0 Å². The lowest BCUT2D eigenvalue weighted by atomic mass is 10.1. The summed E-state index contributed by atoms with van der Waals surface area (Å²) in [5.41, 5.74) is 3.03. The number of amides is 1. The maximum atomic E-state index is 12.2.